The first-order valence-corrected chi connectivity index (χ1v) is 12.7. The maximum atomic E-state index is 13.0. The normalized spacial score (nSPS) is 15.3. The Hall–Kier alpha value is -3.05. The van der Waals surface area contributed by atoms with Crippen LogP contribution in [0, 0.1) is 17.2 Å². The lowest BCUT2D eigenvalue weighted by molar-refractivity contribution is -0.112. The molecule has 1 amide bonds. The van der Waals surface area contributed by atoms with Crippen LogP contribution in [0.3, 0.4) is 0 Å². The van der Waals surface area contributed by atoms with Crippen LogP contribution in [0.2, 0.25) is 10.0 Å². The number of thiophene rings is 1. The van der Waals surface area contributed by atoms with Crippen LogP contribution in [-0.4, -0.2) is 18.5 Å². The van der Waals surface area contributed by atoms with Crippen molar-refractivity contribution in [2.75, 3.05) is 11.9 Å². The number of fused-ring (bicyclic) bond motifs is 1. The first kappa shape index (κ1) is 25.1. The van der Waals surface area contributed by atoms with Crippen LogP contribution in [-0.2, 0) is 22.4 Å². The Labute approximate surface area is 217 Å². The third kappa shape index (κ3) is 5.46. The Bertz CT molecular complexity index is 1370. The van der Waals surface area contributed by atoms with E-state index in [1.54, 1.807) is 37.3 Å². The molecule has 4 rings (SSSR count). The topological polar surface area (TPSA) is 92.3 Å². The second-order valence-corrected chi connectivity index (χ2v) is 10.2. The third-order valence-corrected chi connectivity index (χ3v) is 7.61. The summed E-state index contributed by atoms with van der Waals surface area (Å²) < 4.78 is 11.0. The maximum Gasteiger partial charge on any atom is 0.341 e. The molecule has 180 valence electrons. The number of ether oxygens (including phenoxy) is 1. The molecule has 35 heavy (non-hydrogen) atoms. The molecule has 0 aliphatic heterocycles. The number of halogens is 2. The molecular weight excluding hydrogens is 507 g/mol. The average Bonchev–Trinajstić information content (AvgIpc) is 3.43. The number of rotatable bonds is 6. The van der Waals surface area contributed by atoms with Gasteiger partial charge in [0.15, 0.2) is 0 Å². The molecule has 0 fully saturated rings. The number of hydrogen-bond donors (Lipinski definition) is 1. The molecule has 1 aromatic carbocycles. The summed E-state index contributed by atoms with van der Waals surface area (Å²) in [6, 6.07) is 10.4. The van der Waals surface area contributed by atoms with Crippen LogP contribution < -0.4 is 5.32 Å². The second kappa shape index (κ2) is 10.7. The molecule has 3 aromatic rings. The minimum absolute atomic E-state index is 0.158. The monoisotopic (exact) mass is 528 g/mol. The zero-order valence-electron chi connectivity index (χ0n) is 19.1. The van der Waals surface area contributed by atoms with Crippen molar-refractivity contribution in [1.29, 1.82) is 5.26 Å². The summed E-state index contributed by atoms with van der Waals surface area (Å²) >= 11 is 13.4. The smallest absolute Gasteiger partial charge is 0.341 e. The van der Waals surface area contributed by atoms with Gasteiger partial charge in [0.2, 0.25) is 0 Å². The second-order valence-electron chi connectivity index (χ2n) is 8.23. The zero-order valence-corrected chi connectivity index (χ0v) is 21.4. The van der Waals surface area contributed by atoms with E-state index in [-0.39, 0.29) is 12.2 Å². The predicted octanol–water partition coefficient (Wildman–Crippen LogP) is 7.16. The van der Waals surface area contributed by atoms with Crippen molar-refractivity contribution >= 4 is 57.5 Å². The molecule has 1 unspecified atom stereocenters. The molecule has 0 bridgehead atoms. The van der Waals surface area contributed by atoms with Crippen LogP contribution in [0.15, 0.2) is 40.3 Å². The SMILES string of the molecule is CCOC(=O)c1c(NC(=O)/C(C#N)=C/c2ccc(-c3ccc(Cl)c(Cl)c3)o2)sc2c1CCC(C)C2. The highest BCUT2D eigenvalue weighted by atomic mass is 35.5. The minimum Gasteiger partial charge on any atom is -0.462 e. The fourth-order valence-corrected chi connectivity index (χ4v) is 5.65. The summed E-state index contributed by atoms with van der Waals surface area (Å²) in [5, 5.41) is 13.6. The molecule has 2 aromatic heterocycles. The summed E-state index contributed by atoms with van der Waals surface area (Å²) in [4.78, 5) is 26.8. The van der Waals surface area contributed by atoms with Crippen LogP contribution in [0.5, 0.6) is 0 Å². The van der Waals surface area contributed by atoms with E-state index >= 15 is 0 Å². The highest BCUT2D eigenvalue weighted by Gasteiger charge is 2.29. The molecule has 0 saturated carbocycles. The van der Waals surface area contributed by atoms with Gasteiger partial charge >= 0.3 is 5.97 Å². The Kier molecular flexibility index (Phi) is 7.66. The van der Waals surface area contributed by atoms with Gasteiger partial charge in [-0.2, -0.15) is 5.26 Å². The van der Waals surface area contributed by atoms with E-state index in [4.69, 9.17) is 32.4 Å². The molecule has 2 heterocycles. The molecular formula is C26H22Cl2N2O4S. The molecule has 0 spiro atoms. The van der Waals surface area contributed by atoms with Crippen LogP contribution in [0.4, 0.5) is 5.00 Å². The van der Waals surface area contributed by atoms with E-state index in [1.165, 1.54) is 17.4 Å². The van der Waals surface area contributed by atoms with Gasteiger partial charge in [0.05, 0.1) is 22.2 Å². The number of carbonyl (C=O) groups excluding carboxylic acids is 2. The van der Waals surface area contributed by atoms with E-state index in [2.05, 4.69) is 12.2 Å². The zero-order chi connectivity index (χ0) is 25.1. The number of carbonyl (C=O) groups is 2. The number of nitrogens with one attached hydrogen (secondary N) is 1. The molecule has 1 aliphatic carbocycles. The summed E-state index contributed by atoms with van der Waals surface area (Å²) in [6.07, 6.45) is 3.91. The Morgan fingerprint density at radius 1 is 1.29 bits per heavy atom. The number of nitrogens with zero attached hydrogens (tertiary/aromatic N) is 1. The van der Waals surface area contributed by atoms with Crippen molar-refractivity contribution < 1.29 is 18.7 Å². The van der Waals surface area contributed by atoms with E-state index in [0.29, 0.717) is 43.6 Å². The molecule has 0 saturated heterocycles. The van der Waals surface area contributed by atoms with Crippen LogP contribution in [0.1, 0.15) is 46.8 Å². The number of esters is 1. The van der Waals surface area contributed by atoms with Crippen molar-refractivity contribution in [1.82, 2.24) is 0 Å². The van der Waals surface area contributed by atoms with Gasteiger partial charge in [-0.05, 0) is 68.0 Å². The lowest BCUT2D eigenvalue weighted by Gasteiger charge is -2.18. The van der Waals surface area contributed by atoms with Crippen molar-refractivity contribution in [3.8, 4) is 17.4 Å². The number of nitriles is 1. The average molecular weight is 529 g/mol. The lowest BCUT2D eigenvalue weighted by Crippen LogP contribution is -2.17. The quantitative estimate of drug-likeness (QED) is 0.208. The first-order chi connectivity index (χ1) is 16.8. The van der Waals surface area contributed by atoms with Gasteiger partial charge in [0, 0.05) is 16.5 Å². The molecule has 1 aliphatic rings. The van der Waals surface area contributed by atoms with Gasteiger partial charge in [0.1, 0.15) is 28.2 Å². The highest BCUT2D eigenvalue weighted by Crippen LogP contribution is 2.40. The highest BCUT2D eigenvalue weighted by molar-refractivity contribution is 7.17. The van der Waals surface area contributed by atoms with E-state index in [1.807, 2.05) is 6.07 Å². The van der Waals surface area contributed by atoms with Crippen molar-refractivity contribution in [2.45, 2.75) is 33.1 Å². The number of amides is 1. The third-order valence-electron chi connectivity index (χ3n) is 5.70. The molecule has 9 heteroatoms. The Balaban J connectivity index is 1.60. The summed E-state index contributed by atoms with van der Waals surface area (Å²) in [7, 11) is 0. The van der Waals surface area contributed by atoms with Crippen molar-refractivity contribution in [3.05, 3.63) is 67.7 Å². The fourth-order valence-electron chi connectivity index (χ4n) is 3.95. The lowest BCUT2D eigenvalue weighted by atomic mass is 9.88. The Morgan fingerprint density at radius 2 is 2.09 bits per heavy atom. The Morgan fingerprint density at radius 3 is 2.80 bits per heavy atom. The molecule has 1 N–H and O–H groups in total. The number of furan rings is 1. The van der Waals surface area contributed by atoms with Crippen LogP contribution in [0.25, 0.3) is 17.4 Å². The summed E-state index contributed by atoms with van der Waals surface area (Å²) in [5.74, 6) is 0.240. The van der Waals surface area contributed by atoms with E-state index in [9.17, 15) is 14.9 Å². The first-order valence-electron chi connectivity index (χ1n) is 11.1. The molecule has 6 nitrogen and oxygen atoms in total. The van der Waals surface area contributed by atoms with Gasteiger partial charge in [-0.1, -0.05) is 30.1 Å². The molecule has 1 atom stereocenters. The number of hydrogen-bond acceptors (Lipinski definition) is 6. The van der Waals surface area contributed by atoms with Gasteiger partial charge in [0.25, 0.3) is 5.91 Å². The largest absolute Gasteiger partial charge is 0.462 e. The fraction of sp³-hybridized carbons (Fsp3) is 0.269. The van der Waals surface area contributed by atoms with E-state index < -0.39 is 11.9 Å². The standard InChI is InChI=1S/C26H22Cl2N2O4S/c1-3-33-26(32)23-18-7-4-14(2)10-22(18)35-25(23)30-24(31)16(13-29)11-17-6-9-21(34-17)15-5-8-19(27)20(28)12-15/h5-6,8-9,11-12,14H,3-4,7,10H2,1-2H3,(H,30,31)/b16-11+. The number of benzene rings is 1. The van der Waals surface area contributed by atoms with Gasteiger partial charge in [-0.3, -0.25) is 4.79 Å². The van der Waals surface area contributed by atoms with Gasteiger partial charge in [-0.25, -0.2) is 4.79 Å². The van der Waals surface area contributed by atoms with Gasteiger partial charge in [-0.15, -0.1) is 11.3 Å². The summed E-state index contributed by atoms with van der Waals surface area (Å²) in [5.41, 5.74) is 1.88. The van der Waals surface area contributed by atoms with E-state index in [0.717, 1.165) is 29.7 Å². The minimum atomic E-state index is -0.628. The maximum absolute atomic E-state index is 13.0. The van der Waals surface area contributed by atoms with Gasteiger partial charge < -0.3 is 14.5 Å². The number of anilines is 1. The van der Waals surface area contributed by atoms with Crippen molar-refractivity contribution in [2.24, 2.45) is 5.92 Å². The van der Waals surface area contributed by atoms with Crippen molar-refractivity contribution in [3.63, 3.8) is 0 Å². The molecule has 0 radical (unpaired) electrons. The predicted molar refractivity (Wildman–Crippen MR) is 138 cm³/mol. The van der Waals surface area contributed by atoms with Crippen LogP contribution >= 0.6 is 34.5 Å². The summed E-state index contributed by atoms with van der Waals surface area (Å²) in [6.45, 7) is 4.14.